The zero-order chi connectivity index (χ0) is 17.3. The number of esters is 1. The number of aromatic nitrogens is 4. The third-order valence-electron chi connectivity index (χ3n) is 3.72. The number of nitrogen functional groups attached to an aromatic ring is 1. The Morgan fingerprint density at radius 1 is 1.33 bits per heavy atom. The first-order valence-corrected chi connectivity index (χ1v) is 7.24. The molecule has 1 saturated heterocycles. The number of nitrogens with two attached hydrogens (primary N) is 1. The average molecular weight is 339 g/mol. The molecule has 1 aliphatic heterocycles. The number of fused-ring (bicyclic) bond motifs is 1. The fourth-order valence-corrected chi connectivity index (χ4v) is 2.49. The summed E-state index contributed by atoms with van der Waals surface area (Å²) in [5.41, 5.74) is 6.40. The largest absolute Gasteiger partial charge is 0.463 e. The summed E-state index contributed by atoms with van der Waals surface area (Å²) in [7, 11) is 0. The van der Waals surface area contributed by atoms with Gasteiger partial charge in [-0.2, -0.15) is 0 Å². The summed E-state index contributed by atoms with van der Waals surface area (Å²) >= 11 is 0. The molecule has 0 amide bonds. The molecule has 0 saturated carbocycles. The first-order chi connectivity index (χ1) is 11.5. The Morgan fingerprint density at radius 2 is 2.12 bits per heavy atom. The molecule has 11 heteroatoms. The van der Waals surface area contributed by atoms with Gasteiger partial charge in [0.05, 0.1) is 19.4 Å². The van der Waals surface area contributed by atoms with E-state index in [2.05, 4.69) is 15.0 Å². The molecule has 130 valence electrons. The van der Waals surface area contributed by atoms with E-state index in [0.717, 1.165) is 0 Å². The molecule has 2 aromatic heterocycles. The third-order valence-corrected chi connectivity index (χ3v) is 3.72. The van der Waals surface area contributed by atoms with Crippen molar-refractivity contribution in [1.29, 1.82) is 0 Å². The average Bonchev–Trinajstić information content (AvgIpc) is 3.10. The minimum absolute atomic E-state index is 0.156. The molecule has 0 aliphatic carbocycles. The highest BCUT2D eigenvalue weighted by atomic mass is 16.6. The van der Waals surface area contributed by atoms with Gasteiger partial charge in [-0.3, -0.25) is 9.36 Å². The van der Waals surface area contributed by atoms with Crippen LogP contribution in [0.25, 0.3) is 11.2 Å². The van der Waals surface area contributed by atoms with Crippen LogP contribution >= 0.6 is 0 Å². The van der Waals surface area contributed by atoms with E-state index in [4.69, 9.17) is 20.3 Å². The highest BCUT2D eigenvalue weighted by molar-refractivity contribution is 5.81. The van der Waals surface area contributed by atoms with Crippen LogP contribution in [0.3, 0.4) is 0 Å². The molecule has 5 N–H and O–H groups in total. The van der Waals surface area contributed by atoms with E-state index in [0.29, 0.717) is 11.2 Å². The Morgan fingerprint density at radius 3 is 2.88 bits per heavy atom. The number of hydrogen-bond donors (Lipinski definition) is 4. The lowest BCUT2D eigenvalue weighted by Gasteiger charge is -2.16. The molecule has 3 rings (SSSR count). The van der Waals surface area contributed by atoms with E-state index in [1.54, 1.807) is 0 Å². The van der Waals surface area contributed by atoms with Crippen molar-refractivity contribution in [2.45, 2.75) is 31.0 Å². The molecule has 0 unspecified atom stereocenters. The monoisotopic (exact) mass is 339 g/mol. The summed E-state index contributed by atoms with van der Waals surface area (Å²) in [6.07, 6.45) is -1.98. The van der Waals surface area contributed by atoms with Gasteiger partial charge in [0.1, 0.15) is 36.8 Å². The Hall–Kier alpha value is -2.34. The molecule has 11 nitrogen and oxygen atoms in total. The number of carbonyl (C=O) groups is 1. The Labute approximate surface area is 135 Å². The van der Waals surface area contributed by atoms with Gasteiger partial charge < -0.3 is 30.5 Å². The Balaban J connectivity index is 1.77. The van der Waals surface area contributed by atoms with E-state index < -0.39 is 30.5 Å². The van der Waals surface area contributed by atoms with Crippen molar-refractivity contribution in [3.05, 3.63) is 12.7 Å². The number of nitrogens with zero attached hydrogens (tertiary/aromatic N) is 4. The van der Waals surface area contributed by atoms with E-state index >= 15 is 0 Å². The van der Waals surface area contributed by atoms with Crippen LogP contribution in [-0.2, 0) is 14.3 Å². The number of aliphatic hydroxyl groups is 3. The van der Waals surface area contributed by atoms with E-state index in [-0.39, 0.29) is 25.5 Å². The van der Waals surface area contributed by atoms with Gasteiger partial charge in [0.2, 0.25) is 0 Å². The van der Waals surface area contributed by atoms with Crippen molar-refractivity contribution in [3.63, 3.8) is 0 Å². The van der Waals surface area contributed by atoms with Crippen molar-refractivity contribution >= 4 is 23.0 Å². The van der Waals surface area contributed by atoms with Crippen molar-refractivity contribution in [3.8, 4) is 0 Å². The van der Waals surface area contributed by atoms with Gasteiger partial charge in [-0.15, -0.1) is 0 Å². The molecule has 2 aromatic rings. The first-order valence-electron chi connectivity index (χ1n) is 7.24. The number of anilines is 1. The second-order valence-electron chi connectivity index (χ2n) is 5.29. The molecular formula is C13H17N5O6. The SMILES string of the molecule is Nc1ncnc2c1ncn2[C@@H]1O[C@H](COC(=O)CCO)[C@@H](O)[C@@H]1O. The standard InChI is InChI=1S/C13H17N5O6/c14-11-8-12(16-4-15-11)18(5-17-8)13-10(22)9(21)6(24-13)3-23-7(20)1-2-19/h4-6,9-10,13,19,21-22H,1-3H2,(H2,14,15,16)/t6-,9-,10+,13-/m1/s1. The topological polar surface area (TPSA) is 166 Å². The molecule has 1 aliphatic rings. The molecule has 0 aromatic carbocycles. The second kappa shape index (κ2) is 6.65. The predicted octanol–water partition coefficient (Wildman–Crippen LogP) is -2.05. The number of rotatable bonds is 5. The van der Waals surface area contributed by atoms with Gasteiger partial charge >= 0.3 is 5.97 Å². The number of hydrogen-bond acceptors (Lipinski definition) is 10. The minimum atomic E-state index is -1.28. The fourth-order valence-electron chi connectivity index (χ4n) is 2.49. The summed E-state index contributed by atoms with van der Waals surface area (Å²) in [4.78, 5) is 23.2. The highest BCUT2D eigenvalue weighted by Gasteiger charge is 2.44. The molecule has 3 heterocycles. The molecule has 0 spiro atoms. The van der Waals surface area contributed by atoms with Crippen LogP contribution in [0.4, 0.5) is 5.82 Å². The molecule has 1 fully saturated rings. The van der Waals surface area contributed by atoms with Crippen LogP contribution in [0.15, 0.2) is 12.7 Å². The summed E-state index contributed by atoms with van der Waals surface area (Å²) in [6.45, 7) is -0.586. The maximum atomic E-state index is 11.3. The fraction of sp³-hybridized carbons (Fsp3) is 0.538. The van der Waals surface area contributed by atoms with Crippen LogP contribution in [0.1, 0.15) is 12.6 Å². The number of imidazole rings is 1. The van der Waals surface area contributed by atoms with Gasteiger partial charge in [-0.25, -0.2) is 15.0 Å². The lowest BCUT2D eigenvalue weighted by molar-refractivity contribution is -0.150. The van der Waals surface area contributed by atoms with Crippen molar-refractivity contribution < 1.29 is 29.6 Å². The molecule has 4 atom stereocenters. The van der Waals surface area contributed by atoms with E-state index in [1.165, 1.54) is 17.2 Å². The van der Waals surface area contributed by atoms with E-state index in [1.807, 2.05) is 0 Å². The summed E-state index contributed by atoms with van der Waals surface area (Å²) < 4.78 is 11.9. The zero-order valence-corrected chi connectivity index (χ0v) is 12.5. The van der Waals surface area contributed by atoms with Crippen molar-refractivity contribution in [2.24, 2.45) is 0 Å². The Kier molecular flexibility index (Phi) is 4.57. The summed E-state index contributed by atoms with van der Waals surface area (Å²) in [6, 6.07) is 0. The Bertz CT molecular complexity index is 737. The lowest BCUT2D eigenvalue weighted by atomic mass is 10.1. The van der Waals surface area contributed by atoms with Gasteiger partial charge in [0, 0.05) is 0 Å². The van der Waals surface area contributed by atoms with Gasteiger partial charge in [-0.1, -0.05) is 0 Å². The lowest BCUT2D eigenvalue weighted by Crippen LogP contribution is -2.34. The minimum Gasteiger partial charge on any atom is -0.463 e. The first kappa shape index (κ1) is 16.5. The van der Waals surface area contributed by atoms with Crippen LogP contribution in [0.2, 0.25) is 0 Å². The summed E-state index contributed by atoms with van der Waals surface area (Å²) in [5.74, 6) is -0.443. The van der Waals surface area contributed by atoms with Gasteiger partial charge in [0.25, 0.3) is 0 Å². The maximum Gasteiger partial charge on any atom is 0.308 e. The van der Waals surface area contributed by atoms with Crippen molar-refractivity contribution in [2.75, 3.05) is 18.9 Å². The zero-order valence-electron chi connectivity index (χ0n) is 12.5. The van der Waals surface area contributed by atoms with Crippen LogP contribution < -0.4 is 5.73 Å². The van der Waals surface area contributed by atoms with E-state index in [9.17, 15) is 15.0 Å². The molecular weight excluding hydrogens is 322 g/mol. The molecule has 0 radical (unpaired) electrons. The van der Waals surface area contributed by atoms with Crippen LogP contribution in [-0.4, -0.2) is 72.3 Å². The maximum absolute atomic E-state index is 11.3. The predicted molar refractivity (Wildman–Crippen MR) is 78.3 cm³/mol. The third kappa shape index (κ3) is 2.89. The normalized spacial score (nSPS) is 26.8. The van der Waals surface area contributed by atoms with Gasteiger partial charge in [-0.05, 0) is 0 Å². The molecule has 0 bridgehead atoms. The molecule has 24 heavy (non-hydrogen) atoms. The van der Waals surface area contributed by atoms with Gasteiger partial charge in [0.15, 0.2) is 17.7 Å². The quantitative estimate of drug-likeness (QED) is 0.445. The number of carbonyl (C=O) groups excluding carboxylic acids is 1. The smallest absolute Gasteiger partial charge is 0.308 e. The summed E-state index contributed by atoms with van der Waals surface area (Å²) in [5, 5.41) is 29.0. The number of ether oxygens (including phenoxy) is 2. The van der Waals surface area contributed by atoms with Crippen molar-refractivity contribution in [1.82, 2.24) is 19.5 Å². The number of aliphatic hydroxyl groups excluding tert-OH is 3. The second-order valence-corrected chi connectivity index (χ2v) is 5.29. The van der Waals surface area contributed by atoms with Crippen LogP contribution in [0.5, 0.6) is 0 Å². The highest BCUT2D eigenvalue weighted by Crippen LogP contribution is 2.32. The van der Waals surface area contributed by atoms with Crippen LogP contribution in [0, 0.1) is 0 Å².